The lowest BCUT2D eigenvalue weighted by molar-refractivity contribution is -0.00100. The van der Waals surface area contributed by atoms with Gasteiger partial charge in [-0.1, -0.05) is 0 Å². The summed E-state index contributed by atoms with van der Waals surface area (Å²) in [5.41, 5.74) is 0. The normalized spacial score (nSPS) is 8.50. The summed E-state index contributed by atoms with van der Waals surface area (Å²) in [5.74, 6) is 0. The van der Waals surface area contributed by atoms with Gasteiger partial charge in [0.1, 0.15) is 0 Å². The van der Waals surface area contributed by atoms with E-state index in [4.69, 9.17) is 19.7 Å². The van der Waals surface area contributed by atoms with Crippen molar-refractivity contribution in [1.29, 1.82) is 0 Å². The maximum absolute atomic E-state index is 8.26. The maximum Gasteiger partial charge on any atom is 0.0701 e. The number of ether oxygens (including phenoxy) is 2. The zero-order valence-corrected chi connectivity index (χ0v) is 9.88. The van der Waals surface area contributed by atoms with Gasteiger partial charge in [-0.05, 0) is 0 Å². The van der Waals surface area contributed by atoms with Crippen molar-refractivity contribution in [2.24, 2.45) is 0 Å². The van der Waals surface area contributed by atoms with Crippen LogP contribution in [0.5, 0.6) is 0 Å². The second-order valence-corrected chi connectivity index (χ2v) is 1.67. The molecule has 6 heteroatoms. The molecule has 0 radical (unpaired) electrons. The molecule has 0 bridgehead atoms. The van der Waals surface area contributed by atoms with E-state index in [0.717, 1.165) is 0 Å². The minimum absolute atomic E-state index is 0. The van der Waals surface area contributed by atoms with E-state index < -0.39 is 0 Å². The van der Waals surface area contributed by atoms with Crippen molar-refractivity contribution < 1.29 is 53.6 Å². The SMILES string of the molecule is OCCOCCOCCO.[Br-].[Br-]. The standard InChI is InChI=1S/C6H14O4.2BrH/c7-1-3-9-5-6-10-4-2-8;;/h7-8H,1-6H2;2*1H/p-2. The Labute approximate surface area is 93.4 Å². The highest BCUT2D eigenvalue weighted by molar-refractivity contribution is 4.30. The van der Waals surface area contributed by atoms with Crippen LogP contribution in [0.2, 0.25) is 0 Å². The average molecular weight is 310 g/mol. The maximum atomic E-state index is 8.26. The summed E-state index contributed by atoms with van der Waals surface area (Å²) in [6, 6.07) is 0. The number of hydrogen-bond acceptors (Lipinski definition) is 4. The minimum atomic E-state index is 0. The van der Waals surface area contributed by atoms with Gasteiger partial charge in [0.05, 0.1) is 39.6 Å². The molecule has 0 aromatic carbocycles. The molecule has 0 unspecified atom stereocenters. The molecule has 0 amide bonds. The van der Waals surface area contributed by atoms with Gasteiger partial charge in [-0.15, -0.1) is 0 Å². The molecule has 0 atom stereocenters. The molecule has 0 fully saturated rings. The molecule has 0 saturated carbocycles. The summed E-state index contributed by atoms with van der Waals surface area (Å²) in [4.78, 5) is 0. The van der Waals surface area contributed by atoms with Gasteiger partial charge < -0.3 is 53.6 Å². The molecular weight excluding hydrogens is 296 g/mol. The van der Waals surface area contributed by atoms with Gasteiger partial charge in [0, 0.05) is 0 Å². The molecule has 0 aromatic heterocycles. The zero-order valence-electron chi connectivity index (χ0n) is 6.71. The fourth-order valence-corrected chi connectivity index (χ4v) is 0.451. The Hall–Kier alpha value is 0.800. The zero-order chi connectivity index (χ0) is 7.66. The first-order valence-electron chi connectivity index (χ1n) is 3.29. The summed E-state index contributed by atoms with van der Waals surface area (Å²) in [5, 5.41) is 16.5. The fourth-order valence-electron chi connectivity index (χ4n) is 0.451. The summed E-state index contributed by atoms with van der Waals surface area (Å²) in [6.07, 6.45) is 0. The molecule has 0 spiro atoms. The molecule has 0 aliphatic rings. The van der Waals surface area contributed by atoms with Crippen LogP contribution in [0.25, 0.3) is 0 Å². The monoisotopic (exact) mass is 308 g/mol. The van der Waals surface area contributed by atoms with E-state index >= 15 is 0 Å². The molecule has 78 valence electrons. The van der Waals surface area contributed by atoms with Gasteiger partial charge in [-0.25, -0.2) is 0 Å². The van der Waals surface area contributed by atoms with Crippen LogP contribution in [0.1, 0.15) is 0 Å². The van der Waals surface area contributed by atoms with Crippen molar-refractivity contribution in [3.05, 3.63) is 0 Å². The molecule has 4 nitrogen and oxygen atoms in total. The largest absolute Gasteiger partial charge is 1.00 e. The highest BCUT2D eigenvalue weighted by Crippen LogP contribution is 1.76. The van der Waals surface area contributed by atoms with E-state index in [-0.39, 0.29) is 47.2 Å². The van der Waals surface area contributed by atoms with E-state index in [1.165, 1.54) is 0 Å². The third-order valence-electron chi connectivity index (χ3n) is 0.843. The molecule has 2 N–H and O–H groups in total. The first-order chi connectivity index (χ1) is 4.91. The molecule has 0 aromatic rings. The Morgan fingerprint density at radius 3 is 1.25 bits per heavy atom. The smallest absolute Gasteiger partial charge is 0.0701 e. The predicted molar refractivity (Wildman–Crippen MR) is 35.8 cm³/mol. The first kappa shape index (κ1) is 18.6. The Kier molecular flexibility index (Phi) is 27.5. The van der Waals surface area contributed by atoms with Crippen molar-refractivity contribution in [3.63, 3.8) is 0 Å². The van der Waals surface area contributed by atoms with Crippen LogP contribution >= 0.6 is 0 Å². The Morgan fingerprint density at radius 1 is 0.667 bits per heavy atom. The van der Waals surface area contributed by atoms with E-state index in [1.54, 1.807) is 0 Å². The Bertz CT molecular complexity index is 57.5. The second kappa shape index (κ2) is 17.8. The lowest BCUT2D eigenvalue weighted by atomic mass is 10.7. The van der Waals surface area contributed by atoms with E-state index in [0.29, 0.717) is 26.4 Å². The average Bonchev–Trinajstić information content (AvgIpc) is 1.97. The number of aliphatic hydroxyl groups is 2. The molecule has 12 heavy (non-hydrogen) atoms. The van der Waals surface area contributed by atoms with Crippen molar-refractivity contribution in [2.75, 3.05) is 39.6 Å². The van der Waals surface area contributed by atoms with Crippen LogP contribution in [0.4, 0.5) is 0 Å². The van der Waals surface area contributed by atoms with Crippen molar-refractivity contribution in [1.82, 2.24) is 0 Å². The van der Waals surface area contributed by atoms with Gasteiger partial charge >= 0.3 is 0 Å². The van der Waals surface area contributed by atoms with Gasteiger partial charge in [0.2, 0.25) is 0 Å². The molecule has 0 aliphatic carbocycles. The highest BCUT2D eigenvalue weighted by atomic mass is 79.9. The van der Waals surface area contributed by atoms with E-state index in [1.807, 2.05) is 0 Å². The predicted octanol–water partition coefficient (Wildman–Crippen LogP) is -6.99. The number of halogens is 2. The van der Waals surface area contributed by atoms with E-state index in [2.05, 4.69) is 0 Å². The lowest BCUT2D eigenvalue weighted by Crippen LogP contribution is -3.00. The van der Waals surface area contributed by atoms with Crippen molar-refractivity contribution >= 4 is 0 Å². The number of aliphatic hydroxyl groups excluding tert-OH is 2. The number of rotatable bonds is 7. The van der Waals surface area contributed by atoms with Gasteiger partial charge in [-0.2, -0.15) is 0 Å². The van der Waals surface area contributed by atoms with Crippen molar-refractivity contribution in [3.8, 4) is 0 Å². The van der Waals surface area contributed by atoms with Crippen LogP contribution in [0.3, 0.4) is 0 Å². The summed E-state index contributed by atoms with van der Waals surface area (Å²) < 4.78 is 9.75. The molecule has 0 aliphatic heterocycles. The van der Waals surface area contributed by atoms with Crippen molar-refractivity contribution in [2.45, 2.75) is 0 Å². The molecule has 0 heterocycles. The van der Waals surface area contributed by atoms with Crippen LogP contribution in [-0.4, -0.2) is 49.9 Å². The summed E-state index contributed by atoms with van der Waals surface area (Å²) in [6.45, 7) is 1.73. The molecule has 0 saturated heterocycles. The second-order valence-electron chi connectivity index (χ2n) is 1.67. The highest BCUT2D eigenvalue weighted by Gasteiger charge is 1.86. The topological polar surface area (TPSA) is 58.9 Å². The van der Waals surface area contributed by atoms with Crippen LogP contribution in [-0.2, 0) is 9.47 Å². The molecule has 0 rings (SSSR count). The molecular formula is C6H14Br2O4-2. The van der Waals surface area contributed by atoms with Gasteiger partial charge in [-0.3, -0.25) is 0 Å². The Morgan fingerprint density at radius 2 is 1.00 bits per heavy atom. The third kappa shape index (κ3) is 17.0. The first-order valence-corrected chi connectivity index (χ1v) is 3.29. The van der Waals surface area contributed by atoms with Crippen LogP contribution in [0, 0.1) is 0 Å². The fraction of sp³-hybridized carbons (Fsp3) is 1.00. The minimum Gasteiger partial charge on any atom is -1.00 e. The lowest BCUT2D eigenvalue weighted by Gasteiger charge is -2.01. The van der Waals surface area contributed by atoms with Crippen LogP contribution < -0.4 is 34.0 Å². The van der Waals surface area contributed by atoms with Crippen LogP contribution in [0.15, 0.2) is 0 Å². The Balaban J connectivity index is -0.000000405. The quantitative estimate of drug-likeness (QED) is 0.459. The summed E-state index contributed by atoms with van der Waals surface area (Å²) >= 11 is 0. The number of hydrogen-bond donors (Lipinski definition) is 2. The van der Waals surface area contributed by atoms with E-state index in [9.17, 15) is 0 Å². The van der Waals surface area contributed by atoms with Gasteiger partial charge in [0.15, 0.2) is 0 Å². The third-order valence-corrected chi connectivity index (χ3v) is 0.843. The summed E-state index contributed by atoms with van der Waals surface area (Å²) in [7, 11) is 0. The van der Waals surface area contributed by atoms with Gasteiger partial charge in [0.25, 0.3) is 0 Å².